The van der Waals surface area contributed by atoms with Crippen molar-refractivity contribution in [1.82, 2.24) is 4.98 Å². The summed E-state index contributed by atoms with van der Waals surface area (Å²) < 4.78 is 5.79. The average molecular weight is 421 g/mol. The van der Waals surface area contributed by atoms with Crippen molar-refractivity contribution in [3.63, 3.8) is 0 Å². The third-order valence-corrected chi connectivity index (χ3v) is 5.45. The van der Waals surface area contributed by atoms with Gasteiger partial charge in [-0.1, -0.05) is 54.1 Å². The van der Waals surface area contributed by atoms with Crippen LogP contribution in [-0.2, 0) is 4.79 Å². The first-order valence-corrected chi connectivity index (χ1v) is 10.2. The Morgan fingerprint density at radius 1 is 1.10 bits per heavy atom. The van der Waals surface area contributed by atoms with Gasteiger partial charge in [0.2, 0.25) is 5.91 Å². The minimum absolute atomic E-state index is 0.268. The van der Waals surface area contributed by atoms with E-state index in [-0.39, 0.29) is 5.91 Å². The third kappa shape index (κ3) is 4.65. The lowest BCUT2D eigenvalue weighted by Crippen LogP contribution is -2.07. The van der Waals surface area contributed by atoms with Crippen LogP contribution in [0, 0.1) is 6.92 Å². The molecule has 4 rings (SSSR count). The van der Waals surface area contributed by atoms with Crippen molar-refractivity contribution < 1.29 is 9.21 Å². The highest BCUT2D eigenvalue weighted by Crippen LogP contribution is 2.27. The Morgan fingerprint density at radius 3 is 2.72 bits per heavy atom. The zero-order valence-corrected chi connectivity index (χ0v) is 17.1. The van der Waals surface area contributed by atoms with Gasteiger partial charge in [-0.3, -0.25) is 10.1 Å². The SMILES string of the molecule is Cc1ccc(-c2ccc(/C=C/C(=O)Nc3nc(-c4ccccc4)cs3)o2)cc1Cl. The summed E-state index contributed by atoms with van der Waals surface area (Å²) in [6.07, 6.45) is 3.05. The molecular formula is C23H17ClN2O2S. The number of furan rings is 1. The van der Waals surface area contributed by atoms with Gasteiger partial charge in [0.15, 0.2) is 5.13 Å². The first-order chi connectivity index (χ1) is 14.1. The summed E-state index contributed by atoms with van der Waals surface area (Å²) in [5.41, 5.74) is 3.75. The second kappa shape index (κ2) is 8.47. The van der Waals surface area contributed by atoms with Crippen LogP contribution in [0.2, 0.25) is 5.02 Å². The molecule has 4 nitrogen and oxygen atoms in total. The lowest BCUT2D eigenvalue weighted by Gasteiger charge is -2.00. The second-order valence-corrected chi connectivity index (χ2v) is 7.66. The summed E-state index contributed by atoms with van der Waals surface area (Å²) in [7, 11) is 0. The van der Waals surface area contributed by atoms with Crippen LogP contribution in [-0.4, -0.2) is 10.9 Å². The number of rotatable bonds is 5. The third-order valence-electron chi connectivity index (χ3n) is 4.29. The van der Waals surface area contributed by atoms with Crippen LogP contribution < -0.4 is 5.32 Å². The maximum absolute atomic E-state index is 12.2. The molecule has 0 bridgehead atoms. The topological polar surface area (TPSA) is 55.1 Å². The molecule has 0 atom stereocenters. The Hall–Kier alpha value is -3.15. The van der Waals surface area contributed by atoms with Crippen LogP contribution in [0.4, 0.5) is 5.13 Å². The van der Waals surface area contributed by atoms with Gasteiger partial charge in [0.25, 0.3) is 0 Å². The zero-order chi connectivity index (χ0) is 20.2. The largest absolute Gasteiger partial charge is 0.457 e. The van der Waals surface area contributed by atoms with Gasteiger partial charge >= 0.3 is 0 Å². The molecule has 2 aromatic carbocycles. The fourth-order valence-electron chi connectivity index (χ4n) is 2.72. The molecular weight excluding hydrogens is 404 g/mol. The fraction of sp³-hybridized carbons (Fsp3) is 0.0435. The second-order valence-electron chi connectivity index (χ2n) is 6.39. The van der Waals surface area contributed by atoms with Crippen molar-refractivity contribution in [2.45, 2.75) is 6.92 Å². The van der Waals surface area contributed by atoms with Gasteiger partial charge in [0.05, 0.1) is 5.69 Å². The molecule has 0 saturated carbocycles. The van der Waals surface area contributed by atoms with Crippen LogP contribution >= 0.6 is 22.9 Å². The summed E-state index contributed by atoms with van der Waals surface area (Å²) in [6, 6.07) is 19.3. The maximum Gasteiger partial charge on any atom is 0.250 e. The van der Waals surface area contributed by atoms with E-state index < -0.39 is 0 Å². The molecule has 1 N–H and O–H groups in total. The molecule has 0 spiro atoms. The van der Waals surface area contributed by atoms with Crippen LogP contribution in [0.25, 0.3) is 28.7 Å². The first-order valence-electron chi connectivity index (χ1n) is 8.95. The summed E-state index contributed by atoms with van der Waals surface area (Å²) in [5, 5.41) is 5.93. The molecule has 6 heteroatoms. The van der Waals surface area contributed by atoms with Crippen molar-refractivity contribution in [3.05, 3.63) is 88.5 Å². The molecule has 29 heavy (non-hydrogen) atoms. The van der Waals surface area contributed by atoms with Gasteiger partial charge in [0.1, 0.15) is 11.5 Å². The van der Waals surface area contributed by atoms with Gasteiger partial charge in [-0.15, -0.1) is 11.3 Å². The van der Waals surface area contributed by atoms with E-state index in [4.69, 9.17) is 16.0 Å². The lowest BCUT2D eigenvalue weighted by atomic mass is 10.1. The number of thiazole rings is 1. The molecule has 2 heterocycles. The van der Waals surface area contributed by atoms with Crippen LogP contribution in [0.15, 0.2) is 76.5 Å². The predicted molar refractivity (Wildman–Crippen MR) is 119 cm³/mol. The van der Waals surface area contributed by atoms with Crippen molar-refractivity contribution in [1.29, 1.82) is 0 Å². The zero-order valence-electron chi connectivity index (χ0n) is 15.6. The van der Waals surface area contributed by atoms with E-state index in [1.165, 1.54) is 17.4 Å². The number of benzene rings is 2. The molecule has 144 valence electrons. The van der Waals surface area contributed by atoms with Crippen molar-refractivity contribution in [2.75, 3.05) is 5.32 Å². The monoisotopic (exact) mass is 420 g/mol. The van der Waals surface area contributed by atoms with E-state index in [2.05, 4.69) is 10.3 Å². The summed E-state index contributed by atoms with van der Waals surface area (Å²) in [6.45, 7) is 1.95. The smallest absolute Gasteiger partial charge is 0.250 e. The number of anilines is 1. The van der Waals surface area contributed by atoms with Crippen molar-refractivity contribution in [2.24, 2.45) is 0 Å². The fourth-order valence-corrected chi connectivity index (χ4v) is 3.62. The van der Waals surface area contributed by atoms with Crippen molar-refractivity contribution >= 4 is 40.1 Å². The molecule has 1 amide bonds. The van der Waals surface area contributed by atoms with E-state index >= 15 is 0 Å². The number of nitrogens with one attached hydrogen (secondary N) is 1. The molecule has 0 aliphatic rings. The Kier molecular flexibility index (Phi) is 5.60. The van der Waals surface area contributed by atoms with Gasteiger partial charge < -0.3 is 4.42 Å². The van der Waals surface area contributed by atoms with Gasteiger partial charge in [-0.25, -0.2) is 4.98 Å². The number of carbonyl (C=O) groups is 1. The average Bonchev–Trinajstić information content (AvgIpc) is 3.39. The molecule has 0 radical (unpaired) electrons. The quantitative estimate of drug-likeness (QED) is 0.366. The van der Waals surface area contributed by atoms with E-state index in [1.54, 1.807) is 6.08 Å². The summed E-state index contributed by atoms with van der Waals surface area (Å²) >= 11 is 7.56. The summed E-state index contributed by atoms with van der Waals surface area (Å²) in [4.78, 5) is 16.7. The Balaban J connectivity index is 1.41. The minimum atomic E-state index is -0.268. The lowest BCUT2D eigenvalue weighted by molar-refractivity contribution is -0.111. The van der Waals surface area contributed by atoms with Gasteiger partial charge in [-0.05, 0) is 36.8 Å². The molecule has 4 aromatic rings. The van der Waals surface area contributed by atoms with Gasteiger partial charge in [0, 0.05) is 27.6 Å². The highest BCUT2D eigenvalue weighted by molar-refractivity contribution is 7.14. The number of aryl methyl sites for hydroxylation is 1. The van der Waals surface area contributed by atoms with Gasteiger partial charge in [-0.2, -0.15) is 0 Å². The Labute approximate surface area is 177 Å². The molecule has 0 unspecified atom stereocenters. The molecule has 0 saturated heterocycles. The van der Waals surface area contributed by atoms with Crippen LogP contribution in [0.1, 0.15) is 11.3 Å². The van der Waals surface area contributed by atoms with Crippen LogP contribution in [0.3, 0.4) is 0 Å². The number of amides is 1. The highest BCUT2D eigenvalue weighted by atomic mass is 35.5. The van der Waals surface area contributed by atoms with E-state index in [9.17, 15) is 4.79 Å². The maximum atomic E-state index is 12.2. The molecule has 0 aliphatic heterocycles. The standard InChI is InChI=1S/C23H17ClN2O2S/c1-15-7-8-17(13-19(15)24)21-11-9-18(28-21)10-12-22(27)26-23-25-20(14-29-23)16-5-3-2-4-6-16/h2-14H,1H3,(H,25,26,27)/b12-10+. The van der Waals surface area contributed by atoms with E-state index in [1.807, 2.05) is 73.0 Å². The molecule has 0 aliphatic carbocycles. The summed E-state index contributed by atoms with van der Waals surface area (Å²) in [5.74, 6) is 1.01. The van der Waals surface area contributed by atoms with Crippen molar-refractivity contribution in [3.8, 4) is 22.6 Å². The molecule has 0 fully saturated rings. The van der Waals surface area contributed by atoms with E-state index in [0.717, 1.165) is 22.4 Å². The van der Waals surface area contributed by atoms with E-state index in [0.29, 0.717) is 21.7 Å². The molecule has 2 aromatic heterocycles. The predicted octanol–water partition coefficient (Wildman–Crippen LogP) is 6.68. The first kappa shape index (κ1) is 19.2. The number of halogens is 1. The number of hydrogen-bond donors (Lipinski definition) is 1. The van der Waals surface area contributed by atoms with Crippen LogP contribution in [0.5, 0.6) is 0 Å². The number of carbonyl (C=O) groups excluding carboxylic acids is 1. The number of nitrogens with zero attached hydrogens (tertiary/aromatic N) is 1. The normalized spacial score (nSPS) is 11.1. The Morgan fingerprint density at radius 2 is 1.93 bits per heavy atom. The number of hydrogen-bond acceptors (Lipinski definition) is 4. The highest BCUT2D eigenvalue weighted by Gasteiger charge is 2.08. The minimum Gasteiger partial charge on any atom is -0.457 e. The number of aromatic nitrogens is 1. The Bertz CT molecular complexity index is 1180.